The van der Waals surface area contributed by atoms with Gasteiger partial charge in [0.2, 0.25) is 10.0 Å². The minimum Gasteiger partial charge on any atom is -0.505 e. The number of para-hydroxylation sites is 1. The van der Waals surface area contributed by atoms with Crippen LogP contribution in [0.4, 0.5) is 0 Å². The van der Waals surface area contributed by atoms with Crippen molar-refractivity contribution in [2.75, 3.05) is 6.54 Å². The number of sulfonamides is 1. The molecule has 4 aromatic carbocycles. The molecule has 0 fully saturated rings. The molecule has 226 valence electrons. The van der Waals surface area contributed by atoms with E-state index in [2.05, 4.69) is 30.6 Å². The highest BCUT2D eigenvalue weighted by molar-refractivity contribution is 9.10. The number of thiazole rings is 1. The molecule has 0 saturated heterocycles. The molecule has 8 nitrogen and oxygen atoms in total. The first-order valence-electron chi connectivity index (χ1n) is 14.2. The van der Waals surface area contributed by atoms with Crippen LogP contribution in [0.1, 0.15) is 28.3 Å². The fourth-order valence-corrected chi connectivity index (χ4v) is 8.27. The van der Waals surface area contributed by atoms with Crippen molar-refractivity contribution in [1.29, 1.82) is 0 Å². The van der Waals surface area contributed by atoms with Crippen LogP contribution in [0.2, 0.25) is 0 Å². The van der Waals surface area contributed by atoms with Gasteiger partial charge in [-0.15, -0.1) is 11.3 Å². The maximum Gasteiger partial charge on any atom is 0.259 e. The number of aromatic nitrogens is 3. The van der Waals surface area contributed by atoms with Gasteiger partial charge in [-0.25, -0.2) is 18.1 Å². The van der Waals surface area contributed by atoms with Gasteiger partial charge >= 0.3 is 0 Å². The van der Waals surface area contributed by atoms with E-state index in [1.807, 2.05) is 72.8 Å². The quantitative estimate of drug-likeness (QED) is 0.161. The van der Waals surface area contributed by atoms with Crippen LogP contribution in [0.5, 0.6) is 5.75 Å². The van der Waals surface area contributed by atoms with E-state index in [9.17, 15) is 18.3 Å². The molecule has 0 spiro atoms. The molecule has 0 radical (unpaired) electrons. The molecule has 7 aromatic rings. The zero-order chi connectivity index (χ0) is 31.3. The molecule has 7 rings (SSSR count). The minimum atomic E-state index is -3.81. The third-order valence-electron chi connectivity index (χ3n) is 8.17. The molecular weight excluding hydrogens is 672 g/mol. The second kappa shape index (κ2) is 11.6. The Morgan fingerprint density at radius 1 is 1.00 bits per heavy atom. The Balaban J connectivity index is 1.34. The Kier molecular flexibility index (Phi) is 7.57. The maximum absolute atomic E-state index is 14.0. The Labute approximate surface area is 271 Å². The normalized spacial score (nSPS) is 12.8. The van der Waals surface area contributed by atoms with Gasteiger partial charge in [-0.3, -0.25) is 4.79 Å². The van der Waals surface area contributed by atoms with Crippen LogP contribution < -0.4 is 10.3 Å². The zero-order valence-electron chi connectivity index (χ0n) is 24.0. The molecule has 3 heterocycles. The van der Waals surface area contributed by atoms with E-state index in [-0.39, 0.29) is 28.3 Å². The number of hydrogen-bond acceptors (Lipinski definition) is 6. The summed E-state index contributed by atoms with van der Waals surface area (Å²) < 4.78 is 31.9. The summed E-state index contributed by atoms with van der Waals surface area (Å²) in [4.78, 5) is 22.6. The fraction of sp³-hybridized carbons (Fsp3) is 0.118. The van der Waals surface area contributed by atoms with Gasteiger partial charge in [0, 0.05) is 34.7 Å². The van der Waals surface area contributed by atoms with Gasteiger partial charge in [-0.2, -0.15) is 0 Å². The lowest BCUT2D eigenvalue weighted by molar-refractivity contribution is 0.469. The summed E-state index contributed by atoms with van der Waals surface area (Å²) in [6.07, 6.45) is 0.330. The largest absolute Gasteiger partial charge is 0.505 e. The highest BCUT2D eigenvalue weighted by Crippen LogP contribution is 2.41. The topological polar surface area (TPSA) is 117 Å². The first-order valence-corrected chi connectivity index (χ1v) is 17.4. The SMILES string of the molecule is Cn1c(=O)c(C(c2cccc(Br)c2)c2[nH]c3ccccc3c2CCNS(=O)(=O)c2ccc3ccccc3c2)c(O)c2ncsc21. The van der Waals surface area contributed by atoms with E-state index in [0.29, 0.717) is 22.5 Å². The van der Waals surface area contributed by atoms with Crippen LogP contribution in [0.15, 0.2) is 111 Å². The van der Waals surface area contributed by atoms with Gasteiger partial charge in [0.05, 0.1) is 21.9 Å². The maximum atomic E-state index is 14.0. The van der Waals surface area contributed by atoms with Crippen molar-refractivity contribution < 1.29 is 13.5 Å². The number of hydrogen-bond donors (Lipinski definition) is 3. The lowest BCUT2D eigenvalue weighted by Gasteiger charge is -2.21. The first kappa shape index (κ1) is 29.4. The summed E-state index contributed by atoms with van der Waals surface area (Å²) in [7, 11) is -2.13. The van der Waals surface area contributed by atoms with Crippen molar-refractivity contribution in [3.63, 3.8) is 0 Å². The zero-order valence-corrected chi connectivity index (χ0v) is 27.2. The van der Waals surface area contributed by atoms with Crippen molar-refractivity contribution >= 4 is 69.3 Å². The number of benzene rings is 4. The molecule has 0 saturated carbocycles. The number of nitrogens with zero attached hydrogens (tertiary/aromatic N) is 2. The van der Waals surface area contributed by atoms with E-state index in [4.69, 9.17) is 0 Å². The Morgan fingerprint density at radius 2 is 1.78 bits per heavy atom. The van der Waals surface area contributed by atoms with Crippen molar-refractivity contribution in [2.45, 2.75) is 17.2 Å². The molecule has 0 bridgehead atoms. The van der Waals surface area contributed by atoms with Crippen molar-refractivity contribution in [2.24, 2.45) is 7.05 Å². The van der Waals surface area contributed by atoms with Crippen LogP contribution in [0, 0.1) is 0 Å². The van der Waals surface area contributed by atoms with E-state index >= 15 is 0 Å². The Bertz CT molecular complexity index is 2410. The Morgan fingerprint density at radius 3 is 2.60 bits per heavy atom. The third kappa shape index (κ3) is 5.25. The van der Waals surface area contributed by atoms with E-state index < -0.39 is 15.9 Å². The van der Waals surface area contributed by atoms with Crippen LogP contribution in [0.3, 0.4) is 0 Å². The van der Waals surface area contributed by atoms with Gasteiger partial charge < -0.3 is 14.7 Å². The number of aromatic amines is 1. The monoisotopic (exact) mass is 698 g/mol. The Hall–Kier alpha value is -4.29. The van der Waals surface area contributed by atoms with Crippen molar-refractivity contribution in [3.05, 3.63) is 134 Å². The highest BCUT2D eigenvalue weighted by atomic mass is 79.9. The second-order valence-corrected chi connectivity index (χ2v) is 14.4. The molecule has 0 amide bonds. The average Bonchev–Trinajstić information content (AvgIpc) is 3.68. The molecule has 1 atom stereocenters. The standard InChI is InChI=1S/C34H27BrN4O4S2/c1-39-33(41)29(32(40)31-34(39)44-19-36-31)28(22-9-6-10-23(35)17-22)30-26(25-11-4-5-12-27(25)38-30)15-16-37-45(42,43)24-14-13-20-7-2-3-8-21(20)18-24/h2-14,17-19,28,37-38,40H,15-16H2,1H3. The van der Waals surface area contributed by atoms with E-state index in [0.717, 1.165) is 37.3 Å². The van der Waals surface area contributed by atoms with Crippen LogP contribution in [0.25, 0.3) is 32.0 Å². The fourth-order valence-electron chi connectivity index (χ4n) is 6.03. The summed E-state index contributed by atoms with van der Waals surface area (Å²) in [6.45, 7) is 0.115. The van der Waals surface area contributed by atoms with Gasteiger partial charge in [0.1, 0.15) is 10.3 Å². The minimum absolute atomic E-state index is 0.115. The molecule has 3 aromatic heterocycles. The number of aryl methyl sites for hydroxylation is 1. The molecule has 3 N–H and O–H groups in total. The lowest BCUT2D eigenvalue weighted by atomic mass is 9.85. The van der Waals surface area contributed by atoms with Crippen molar-refractivity contribution in [1.82, 2.24) is 19.3 Å². The van der Waals surface area contributed by atoms with Gasteiger partial charge in [0.25, 0.3) is 5.56 Å². The number of H-pyrrole nitrogens is 1. The summed E-state index contributed by atoms with van der Waals surface area (Å²) in [5.41, 5.74) is 4.98. The summed E-state index contributed by atoms with van der Waals surface area (Å²) in [5.74, 6) is -0.868. The summed E-state index contributed by atoms with van der Waals surface area (Å²) >= 11 is 4.86. The summed E-state index contributed by atoms with van der Waals surface area (Å²) in [5, 5.41) is 14.3. The highest BCUT2D eigenvalue weighted by Gasteiger charge is 2.31. The smallest absolute Gasteiger partial charge is 0.259 e. The van der Waals surface area contributed by atoms with Crippen LogP contribution in [-0.2, 0) is 23.5 Å². The number of halogens is 1. The van der Waals surface area contributed by atoms with Gasteiger partial charge in [-0.05, 0) is 58.7 Å². The molecule has 0 aliphatic heterocycles. The van der Waals surface area contributed by atoms with Crippen molar-refractivity contribution in [3.8, 4) is 5.75 Å². The molecule has 45 heavy (non-hydrogen) atoms. The van der Waals surface area contributed by atoms with Crippen LogP contribution in [-0.4, -0.2) is 34.6 Å². The molecular formula is C34H27BrN4O4S2. The lowest BCUT2D eigenvalue weighted by Crippen LogP contribution is -2.27. The van der Waals surface area contributed by atoms with Gasteiger partial charge in [-0.1, -0.05) is 76.6 Å². The third-order valence-corrected chi connectivity index (χ3v) is 11.0. The number of pyridine rings is 1. The average molecular weight is 700 g/mol. The first-order chi connectivity index (χ1) is 21.7. The van der Waals surface area contributed by atoms with E-state index in [1.54, 1.807) is 30.8 Å². The number of nitrogens with one attached hydrogen (secondary N) is 2. The molecule has 0 aliphatic carbocycles. The predicted octanol–water partition coefficient (Wildman–Crippen LogP) is 6.80. The number of rotatable bonds is 8. The summed E-state index contributed by atoms with van der Waals surface area (Å²) in [6, 6.07) is 28.1. The number of fused-ring (bicyclic) bond motifs is 3. The molecule has 0 aliphatic rings. The predicted molar refractivity (Wildman–Crippen MR) is 183 cm³/mol. The number of aromatic hydroxyl groups is 1. The van der Waals surface area contributed by atoms with Gasteiger partial charge in [0.15, 0.2) is 5.75 Å². The second-order valence-electron chi connectivity index (χ2n) is 10.8. The molecule has 11 heteroatoms. The molecule has 1 unspecified atom stereocenters. The van der Waals surface area contributed by atoms with E-state index in [1.165, 1.54) is 15.9 Å². The van der Waals surface area contributed by atoms with Crippen LogP contribution >= 0.6 is 27.3 Å².